The number of hydrogen-bond acceptors (Lipinski definition) is 3. The van der Waals surface area contributed by atoms with Crippen molar-refractivity contribution < 1.29 is 4.79 Å². The number of carbonyl (C=O) groups excluding carboxylic acids is 1. The summed E-state index contributed by atoms with van der Waals surface area (Å²) in [4.78, 5) is 11.9. The molecule has 0 fully saturated rings. The molecule has 0 aromatic rings. The van der Waals surface area contributed by atoms with Gasteiger partial charge in [0.25, 0.3) is 0 Å². The van der Waals surface area contributed by atoms with Crippen molar-refractivity contribution in [2.24, 2.45) is 11.0 Å². The zero-order valence-corrected chi connectivity index (χ0v) is 11.0. The average Bonchev–Trinajstić information content (AvgIpc) is 2.32. The molecule has 0 bridgehead atoms. The third kappa shape index (κ3) is 2.23. The molecule has 1 atom stereocenters. The van der Waals surface area contributed by atoms with Gasteiger partial charge in [0, 0.05) is 18.1 Å². The lowest BCUT2D eigenvalue weighted by atomic mass is 9.93. The molecular weight excluding hydrogens is 291 g/mol. The van der Waals surface area contributed by atoms with E-state index in [0.717, 1.165) is 25.1 Å². The van der Waals surface area contributed by atoms with Crippen molar-refractivity contribution in [3.63, 3.8) is 0 Å². The Morgan fingerprint density at radius 2 is 2.44 bits per heavy atom. The minimum absolute atomic E-state index is 0.0318. The molecule has 1 unspecified atom stereocenters. The fourth-order valence-electron chi connectivity index (χ4n) is 1.85. The molecule has 1 aliphatic carbocycles. The van der Waals surface area contributed by atoms with Crippen LogP contribution in [0.5, 0.6) is 0 Å². The number of ketones is 1. The standard InChI is InChI=1S/C11H12BrClN2O/c12-11-10(16)8-4-1-2-5-9(8)15(14-11)7-3-6-13/h1,4-5,8H,2-3,6-7H2. The fourth-order valence-corrected chi connectivity index (χ4v) is 2.40. The smallest absolute Gasteiger partial charge is 0.202 e. The lowest BCUT2D eigenvalue weighted by Crippen LogP contribution is -2.36. The lowest BCUT2D eigenvalue weighted by Gasteiger charge is -2.31. The van der Waals surface area contributed by atoms with Crippen molar-refractivity contribution in [2.45, 2.75) is 12.8 Å². The summed E-state index contributed by atoms with van der Waals surface area (Å²) in [7, 11) is 0. The number of fused-ring (bicyclic) bond motifs is 1. The molecule has 2 aliphatic rings. The summed E-state index contributed by atoms with van der Waals surface area (Å²) in [5.41, 5.74) is 0.987. The van der Waals surface area contributed by atoms with Gasteiger partial charge in [0.05, 0.1) is 5.92 Å². The van der Waals surface area contributed by atoms with Crippen LogP contribution in [0.15, 0.2) is 29.0 Å². The maximum atomic E-state index is 11.9. The third-order valence-electron chi connectivity index (χ3n) is 2.61. The number of nitrogens with zero attached hydrogens (tertiary/aromatic N) is 2. The second-order valence-electron chi connectivity index (χ2n) is 3.69. The summed E-state index contributed by atoms with van der Waals surface area (Å²) in [5.74, 6) is 0.464. The average molecular weight is 304 g/mol. The van der Waals surface area contributed by atoms with E-state index in [2.05, 4.69) is 27.1 Å². The topological polar surface area (TPSA) is 32.7 Å². The molecule has 3 nitrogen and oxygen atoms in total. The first-order valence-electron chi connectivity index (χ1n) is 5.22. The van der Waals surface area contributed by atoms with E-state index in [1.807, 2.05) is 17.2 Å². The monoisotopic (exact) mass is 302 g/mol. The SMILES string of the molecule is O=C1C(Br)=NN(CCCCl)C2=CCC=CC12. The Bertz CT molecular complexity index is 389. The van der Waals surface area contributed by atoms with E-state index in [1.165, 1.54) is 0 Å². The van der Waals surface area contributed by atoms with Crippen LogP contribution < -0.4 is 0 Å². The van der Waals surface area contributed by atoms with Crippen LogP contribution in [0.2, 0.25) is 0 Å². The molecule has 1 aliphatic heterocycles. The van der Waals surface area contributed by atoms with Gasteiger partial charge >= 0.3 is 0 Å². The zero-order valence-electron chi connectivity index (χ0n) is 8.70. The maximum Gasteiger partial charge on any atom is 0.202 e. The van der Waals surface area contributed by atoms with E-state index in [9.17, 15) is 4.79 Å². The molecule has 0 N–H and O–H groups in total. The quantitative estimate of drug-likeness (QED) is 0.593. The van der Waals surface area contributed by atoms with Gasteiger partial charge in [0.1, 0.15) is 0 Å². The predicted octanol–water partition coefficient (Wildman–Crippen LogP) is 2.67. The second-order valence-corrected chi connectivity index (χ2v) is 4.82. The molecule has 0 saturated carbocycles. The van der Waals surface area contributed by atoms with E-state index in [0.29, 0.717) is 10.5 Å². The molecule has 0 radical (unpaired) electrons. The van der Waals surface area contributed by atoms with Gasteiger partial charge in [-0.25, -0.2) is 0 Å². The van der Waals surface area contributed by atoms with Gasteiger partial charge in [-0.05, 0) is 28.8 Å². The van der Waals surface area contributed by atoms with Gasteiger partial charge in [-0.2, -0.15) is 5.10 Å². The Hall–Kier alpha value is -0.610. The first-order valence-corrected chi connectivity index (χ1v) is 6.55. The van der Waals surface area contributed by atoms with E-state index in [-0.39, 0.29) is 11.7 Å². The van der Waals surface area contributed by atoms with Crippen molar-refractivity contribution in [3.05, 3.63) is 23.9 Å². The second kappa shape index (κ2) is 5.15. The van der Waals surface area contributed by atoms with E-state index in [1.54, 1.807) is 0 Å². The van der Waals surface area contributed by atoms with Crippen LogP contribution in [0, 0.1) is 5.92 Å². The minimum atomic E-state index is -0.170. The van der Waals surface area contributed by atoms with E-state index >= 15 is 0 Å². The minimum Gasteiger partial charge on any atom is -0.291 e. The van der Waals surface area contributed by atoms with Gasteiger partial charge in [-0.15, -0.1) is 11.6 Å². The molecule has 0 saturated heterocycles. The predicted molar refractivity (Wildman–Crippen MR) is 68.7 cm³/mol. The van der Waals surface area contributed by atoms with Crippen molar-refractivity contribution in [2.75, 3.05) is 12.4 Å². The number of carbonyl (C=O) groups is 1. The molecule has 0 aromatic heterocycles. The number of alkyl halides is 1. The van der Waals surface area contributed by atoms with E-state index < -0.39 is 0 Å². The Morgan fingerprint density at radius 3 is 3.19 bits per heavy atom. The van der Waals surface area contributed by atoms with Crippen LogP contribution in [0.25, 0.3) is 0 Å². The Balaban J connectivity index is 2.25. The van der Waals surface area contributed by atoms with Gasteiger partial charge in [-0.1, -0.05) is 18.2 Å². The number of Topliss-reactive ketones (excluding diaryl/α,β-unsaturated/α-hetero) is 1. The molecule has 86 valence electrons. The molecular formula is C11H12BrClN2O. The Morgan fingerprint density at radius 1 is 1.62 bits per heavy atom. The number of hydrogen-bond donors (Lipinski definition) is 0. The van der Waals surface area contributed by atoms with E-state index in [4.69, 9.17) is 11.6 Å². The molecule has 1 heterocycles. The molecule has 0 spiro atoms. The number of allylic oxidation sites excluding steroid dienone is 3. The Kier molecular flexibility index (Phi) is 3.82. The van der Waals surface area contributed by atoms with Crippen LogP contribution in [-0.4, -0.2) is 27.8 Å². The van der Waals surface area contributed by atoms with Crippen molar-refractivity contribution in [1.82, 2.24) is 5.01 Å². The first-order chi connectivity index (χ1) is 7.74. The largest absolute Gasteiger partial charge is 0.291 e. The molecule has 0 aromatic carbocycles. The highest BCUT2D eigenvalue weighted by Crippen LogP contribution is 2.29. The van der Waals surface area contributed by atoms with Crippen LogP contribution in [0.3, 0.4) is 0 Å². The number of hydrazone groups is 1. The molecule has 0 amide bonds. The summed E-state index contributed by atoms with van der Waals surface area (Å²) < 4.78 is 0.399. The highest BCUT2D eigenvalue weighted by atomic mass is 79.9. The van der Waals surface area contributed by atoms with Crippen molar-refractivity contribution >= 4 is 37.9 Å². The van der Waals surface area contributed by atoms with Gasteiger partial charge < -0.3 is 0 Å². The summed E-state index contributed by atoms with van der Waals surface area (Å²) in [6.07, 6.45) is 7.73. The summed E-state index contributed by atoms with van der Waals surface area (Å²) in [6.45, 7) is 0.752. The summed E-state index contributed by atoms with van der Waals surface area (Å²) in [5, 5.41) is 6.12. The van der Waals surface area contributed by atoms with Gasteiger partial charge in [0.15, 0.2) is 4.62 Å². The summed E-state index contributed by atoms with van der Waals surface area (Å²) in [6, 6.07) is 0. The van der Waals surface area contributed by atoms with Crippen LogP contribution in [-0.2, 0) is 4.79 Å². The van der Waals surface area contributed by atoms with Crippen LogP contribution in [0.4, 0.5) is 0 Å². The fraction of sp³-hybridized carbons (Fsp3) is 0.455. The number of rotatable bonds is 3. The number of halogens is 2. The van der Waals surface area contributed by atoms with Gasteiger partial charge in [-0.3, -0.25) is 9.80 Å². The van der Waals surface area contributed by atoms with Crippen molar-refractivity contribution in [3.8, 4) is 0 Å². The molecule has 2 rings (SSSR count). The molecule has 5 heteroatoms. The summed E-state index contributed by atoms with van der Waals surface area (Å²) >= 11 is 8.89. The lowest BCUT2D eigenvalue weighted by molar-refractivity contribution is -0.115. The van der Waals surface area contributed by atoms with Crippen LogP contribution in [0.1, 0.15) is 12.8 Å². The van der Waals surface area contributed by atoms with Crippen LogP contribution >= 0.6 is 27.5 Å². The highest BCUT2D eigenvalue weighted by molar-refractivity contribution is 9.19. The first kappa shape index (κ1) is 11.9. The normalized spacial score (nSPS) is 24.0. The zero-order chi connectivity index (χ0) is 11.5. The highest BCUT2D eigenvalue weighted by Gasteiger charge is 2.32. The van der Waals surface area contributed by atoms with Crippen molar-refractivity contribution in [1.29, 1.82) is 0 Å². The van der Waals surface area contributed by atoms with Gasteiger partial charge in [0.2, 0.25) is 5.78 Å². The molecule has 16 heavy (non-hydrogen) atoms. The maximum absolute atomic E-state index is 11.9. The third-order valence-corrected chi connectivity index (χ3v) is 3.42. The Labute approximate surface area is 108 Å².